The highest BCUT2D eigenvalue weighted by Gasteiger charge is 2.47. The topological polar surface area (TPSA) is 76.4 Å². The molecule has 1 aliphatic heterocycles. The third-order valence-corrected chi connectivity index (χ3v) is 8.91. The van der Waals surface area contributed by atoms with Crippen molar-refractivity contribution in [3.05, 3.63) is 64.7 Å². The quantitative estimate of drug-likeness (QED) is 0.347. The second-order valence-corrected chi connectivity index (χ2v) is 11.9. The van der Waals surface area contributed by atoms with Crippen molar-refractivity contribution in [3.63, 3.8) is 0 Å². The Morgan fingerprint density at radius 1 is 1.21 bits per heavy atom. The van der Waals surface area contributed by atoms with Crippen LogP contribution in [0.3, 0.4) is 0 Å². The van der Waals surface area contributed by atoms with Crippen LogP contribution in [0.15, 0.2) is 42.5 Å². The van der Waals surface area contributed by atoms with Crippen molar-refractivity contribution in [1.29, 1.82) is 0 Å². The molecule has 0 radical (unpaired) electrons. The average molecular weight is 470 g/mol. The molecule has 0 saturated heterocycles. The normalized spacial score (nSPS) is 21.0. The predicted molar refractivity (Wildman–Crippen MR) is 140 cm³/mol. The lowest BCUT2D eigenvalue weighted by atomic mass is 9.58. The fraction of sp³-hybridized carbons (Fsp3) is 0.519. The van der Waals surface area contributed by atoms with Gasteiger partial charge in [-0.05, 0) is 86.8 Å². The largest absolute Gasteiger partial charge is 0.494 e. The molecular formula is C27H39N3O2S. The number of ether oxygens (including phenoxy) is 1. The molecule has 6 heteroatoms. The Balaban J connectivity index is 1.44. The van der Waals surface area contributed by atoms with Gasteiger partial charge in [0, 0.05) is 33.5 Å². The van der Waals surface area contributed by atoms with Gasteiger partial charge < -0.3 is 15.8 Å². The lowest BCUT2D eigenvalue weighted by Crippen LogP contribution is -2.49. The van der Waals surface area contributed by atoms with Gasteiger partial charge in [-0.25, -0.2) is 4.72 Å². The lowest BCUT2D eigenvalue weighted by Gasteiger charge is -2.50. The van der Waals surface area contributed by atoms with Crippen molar-refractivity contribution >= 4 is 15.6 Å². The van der Waals surface area contributed by atoms with Crippen LogP contribution < -0.4 is 20.5 Å². The first-order valence-corrected chi connectivity index (χ1v) is 14.2. The Morgan fingerprint density at radius 3 is 2.70 bits per heavy atom. The van der Waals surface area contributed by atoms with Crippen molar-refractivity contribution in [1.82, 2.24) is 10.0 Å². The van der Waals surface area contributed by atoms with Gasteiger partial charge in [-0.1, -0.05) is 42.3 Å². The molecule has 0 aromatic heterocycles. The van der Waals surface area contributed by atoms with E-state index in [1.807, 2.05) is 0 Å². The van der Waals surface area contributed by atoms with E-state index in [0.717, 1.165) is 25.1 Å². The fourth-order valence-electron chi connectivity index (χ4n) is 5.22. The molecule has 4 N–H and O–H groups in total. The van der Waals surface area contributed by atoms with Crippen molar-refractivity contribution in [2.24, 2.45) is 5.73 Å². The smallest absolute Gasteiger partial charge is 0.119 e. The highest BCUT2D eigenvalue weighted by Crippen LogP contribution is 2.53. The van der Waals surface area contributed by atoms with Crippen LogP contribution in [0.25, 0.3) is 0 Å². The first-order chi connectivity index (χ1) is 15.9. The average Bonchev–Trinajstić information content (AvgIpc) is 2.77. The van der Waals surface area contributed by atoms with E-state index in [1.165, 1.54) is 41.5 Å². The van der Waals surface area contributed by atoms with Crippen LogP contribution in [-0.2, 0) is 21.5 Å². The first-order valence-electron chi connectivity index (χ1n) is 12.3. The van der Waals surface area contributed by atoms with Gasteiger partial charge in [0.2, 0.25) is 0 Å². The molecular weight excluding hydrogens is 430 g/mol. The maximum atomic E-state index is 12.5. The van der Waals surface area contributed by atoms with Crippen LogP contribution in [0.5, 0.6) is 5.75 Å². The molecule has 2 unspecified atom stereocenters. The van der Waals surface area contributed by atoms with Crippen molar-refractivity contribution < 1.29 is 8.95 Å². The molecule has 2 atom stereocenters. The molecule has 2 aromatic carbocycles. The maximum absolute atomic E-state index is 12.5. The summed E-state index contributed by atoms with van der Waals surface area (Å²) in [5.74, 6) is 5.24. The summed E-state index contributed by atoms with van der Waals surface area (Å²) in [7, 11) is -2.28. The number of hydrogen-bond donors (Lipinski definition) is 3. The van der Waals surface area contributed by atoms with Crippen molar-refractivity contribution in [2.45, 2.75) is 56.9 Å². The lowest BCUT2D eigenvalue weighted by molar-refractivity contribution is 0.164. The molecule has 180 valence electrons. The number of aryl methyl sites for hydroxylation is 1. The molecule has 0 spiro atoms. The van der Waals surface area contributed by atoms with E-state index in [4.69, 9.17) is 10.5 Å². The number of rotatable bonds is 11. The van der Waals surface area contributed by atoms with Gasteiger partial charge in [0.15, 0.2) is 0 Å². The minimum atomic E-state index is -2.28. The summed E-state index contributed by atoms with van der Waals surface area (Å²) in [6, 6.07) is 16.0. The van der Waals surface area contributed by atoms with Gasteiger partial charge >= 0.3 is 0 Å². The highest BCUT2D eigenvalue weighted by molar-refractivity contribution is 7.98. The minimum Gasteiger partial charge on any atom is -0.494 e. The van der Waals surface area contributed by atoms with Crippen molar-refractivity contribution in [2.75, 3.05) is 32.0 Å². The molecule has 1 heterocycles. The van der Waals surface area contributed by atoms with E-state index in [-0.39, 0.29) is 5.41 Å². The Bertz CT molecular complexity index is 1030. The number of nitrogens with two attached hydrogens (primary N) is 1. The molecule has 1 fully saturated rings. The van der Waals surface area contributed by atoms with Gasteiger partial charge in [0.1, 0.15) is 5.75 Å². The third-order valence-electron chi connectivity index (χ3n) is 7.23. The molecule has 0 bridgehead atoms. The van der Waals surface area contributed by atoms with E-state index < -0.39 is 9.71 Å². The van der Waals surface area contributed by atoms with Crippen LogP contribution in [0, 0.1) is 6.92 Å². The Hall–Kier alpha value is -1.86. The number of hydrogen-bond acceptors (Lipinski definition) is 4. The third kappa shape index (κ3) is 5.62. The van der Waals surface area contributed by atoms with E-state index in [0.29, 0.717) is 37.9 Å². The summed E-state index contributed by atoms with van der Waals surface area (Å²) in [6.07, 6.45) is 6.26. The summed E-state index contributed by atoms with van der Waals surface area (Å²) in [6.45, 7) is 4.93. The molecule has 33 heavy (non-hydrogen) atoms. The van der Waals surface area contributed by atoms with Gasteiger partial charge in [0.05, 0.1) is 6.61 Å². The fourth-order valence-corrected chi connectivity index (χ4v) is 6.46. The van der Waals surface area contributed by atoms with Crippen LogP contribution in [0.1, 0.15) is 60.4 Å². The summed E-state index contributed by atoms with van der Waals surface area (Å²) < 4.78 is 21.6. The zero-order valence-electron chi connectivity index (χ0n) is 19.9. The zero-order valence-corrected chi connectivity index (χ0v) is 20.7. The second-order valence-electron chi connectivity index (χ2n) is 9.63. The molecule has 1 aliphatic carbocycles. The Labute approximate surface area is 199 Å². The summed E-state index contributed by atoms with van der Waals surface area (Å²) in [4.78, 5) is 0. The second kappa shape index (κ2) is 10.6. The summed E-state index contributed by atoms with van der Waals surface area (Å²) in [5, 5.41) is 3.85. The SMILES string of the molecule is C=S(=O)(CCCOc1ccc2c(c1)C(C1(c3ccc(C)cc3)CCC1)NCC2)NCCCN. The number of fused-ring (bicyclic) bond motifs is 1. The van der Waals surface area contributed by atoms with Crippen LogP contribution in [-0.4, -0.2) is 42.1 Å². The Kier molecular flexibility index (Phi) is 7.80. The predicted octanol–water partition coefficient (Wildman–Crippen LogP) is 3.64. The monoisotopic (exact) mass is 469 g/mol. The van der Waals surface area contributed by atoms with Gasteiger partial charge in [-0.3, -0.25) is 4.21 Å². The van der Waals surface area contributed by atoms with Crippen molar-refractivity contribution in [3.8, 4) is 5.75 Å². The van der Waals surface area contributed by atoms with Crippen LogP contribution in [0.2, 0.25) is 0 Å². The number of benzene rings is 2. The van der Waals surface area contributed by atoms with E-state index in [9.17, 15) is 4.21 Å². The molecule has 2 aliphatic rings. The standard InChI is InChI=1S/C27H39N3O2S/c1-21-6-9-23(10-7-21)27(13-3-14-27)26-25-20-24(11-8-22(25)12-17-29-26)32-18-5-19-33(2,31)30-16-4-15-28/h6-11,20,26,29H,2-5,12-19,28H2,1H3,(H,30,31). The van der Waals surface area contributed by atoms with Crippen LogP contribution >= 0.6 is 0 Å². The molecule has 4 rings (SSSR count). The molecule has 5 nitrogen and oxygen atoms in total. The van der Waals surface area contributed by atoms with Gasteiger partial charge in [0.25, 0.3) is 0 Å². The molecule has 1 saturated carbocycles. The first kappa shape index (κ1) is 24.3. The summed E-state index contributed by atoms with van der Waals surface area (Å²) >= 11 is 0. The Morgan fingerprint density at radius 2 is 2.00 bits per heavy atom. The molecule has 0 amide bonds. The zero-order chi connectivity index (χ0) is 23.3. The van der Waals surface area contributed by atoms with Crippen LogP contribution in [0.4, 0.5) is 0 Å². The maximum Gasteiger partial charge on any atom is 0.119 e. The number of nitrogens with one attached hydrogen (secondary N) is 2. The molecule has 2 aromatic rings. The van der Waals surface area contributed by atoms with E-state index in [1.54, 1.807) is 0 Å². The van der Waals surface area contributed by atoms with Gasteiger partial charge in [-0.2, -0.15) is 0 Å². The summed E-state index contributed by atoms with van der Waals surface area (Å²) in [5.41, 5.74) is 11.2. The minimum absolute atomic E-state index is 0.163. The highest BCUT2D eigenvalue weighted by atomic mass is 32.2. The van der Waals surface area contributed by atoms with E-state index >= 15 is 0 Å². The van der Waals surface area contributed by atoms with Gasteiger partial charge in [-0.15, -0.1) is 0 Å². The van der Waals surface area contributed by atoms with E-state index in [2.05, 4.69) is 65.3 Å².